The predicted octanol–water partition coefficient (Wildman–Crippen LogP) is 2.22. The quantitative estimate of drug-likeness (QED) is 0.651. The van der Waals surface area contributed by atoms with Gasteiger partial charge in [0.05, 0.1) is 5.41 Å². The monoisotopic (exact) mass is 239 g/mol. The maximum atomic E-state index is 11.8. The molecule has 96 valence electrons. The Morgan fingerprint density at radius 3 is 2.18 bits per heavy atom. The molecule has 17 heavy (non-hydrogen) atoms. The third-order valence-corrected chi connectivity index (χ3v) is 4.01. The summed E-state index contributed by atoms with van der Waals surface area (Å²) in [6, 6.07) is 0. The van der Waals surface area contributed by atoms with E-state index in [2.05, 4.69) is 13.8 Å². The van der Waals surface area contributed by atoms with Crippen molar-refractivity contribution in [3.05, 3.63) is 0 Å². The zero-order chi connectivity index (χ0) is 13.1. The van der Waals surface area contributed by atoms with Crippen LogP contribution < -0.4 is 0 Å². The molecule has 0 atom stereocenters. The highest BCUT2D eigenvalue weighted by molar-refractivity contribution is 5.95. The highest BCUT2D eigenvalue weighted by Crippen LogP contribution is 2.58. The van der Waals surface area contributed by atoms with Gasteiger partial charge in [0, 0.05) is 19.5 Å². The van der Waals surface area contributed by atoms with Gasteiger partial charge in [0.15, 0.2) is 0 Å². The van der Waals surface area contributed by atoms with Crippen LogP contribution in [0.3, 0.4) is 0 Å². The van der Waals surface area contributed by atoms with Crippen LogP contribution in [-0.2, 0) is 9.53 Å². The number of rotatable bonds is 0. The van der Waals surface area contributed by atoms with Crippen molar-refractivity contribution in [2.24, 2.45) is 10.8 Å². The van der Waals surface area contributed by atoms with Crippen molar-refractivity contribution < 1.29 is 14.3 Å². The van der Waals surface area contributed by atoms with E-state index in [4.69, 9.17) is 4.74 Å². The topological polar surface area (TPSA) is 46.6 Å². The Labute approximate surface area is 102 Å². The fourth-order valence-electron chi connectivity index (χ4n) is 2.68. The van der Waals surface area contributed by atoms with E-state index in [1.807, 2.05) is 20.8 Å². The van der Waals surface area contributed by atoms with Gasteiger partial charge in [-0.25, -0.2) is 4.79 Å². The van der Waals surface area contributed by atoms with E-state index in [0.29, 0.717) is 25.3 Å². The molecule has 0 radical (unpaired) electrons. The summed E-state index contributed by atoms with van der Waals surface area (Å²) in [6.07, 6.45) is 0.327. The summed E-state index contributed by atoms with van der Waals surface area (Å²) in [5, 5.41) is 0. The molecule has 1 amide bonds. The van der Waals surface area contributed by atoms with Crippen molar-refractivity contribution in [2.45, 2.75) is 46.6 Å². The Bertz CT molecular complexity index is 373. The van der Waals surface area contributed by atoms with Crippen LogP contribution in [-0.4, -0.2) is 35.5 Å². The number of Topliss-reactive ketones (excluding diaryl/α,β-unsaturated/α-hetero) is 1. The zero-order valence-electron chi connectivity index (χ0n) is 11.3. The van der Waals surface area contributed by atoms with Gasteiger partial charge in [0.2, 0.25) is 0 Å². The number of carbonyl (C=O) groups is 2. The van der Waals surface area contributed by atoms with Crippen LogP contribution in [0.25, 0.3) is 0 Å². The molecule has 1 saturated heterocycles. The summed E-state index contributed by atoms with van der Waals surface area (Å²) in [7, 11) is 0. The average Bonchev–Trinajstić information content (AvgIpc) is 1.94. The number of carbonyl (C=O) groups excluding carboxylic acids is 2. The molecule has 2 fully saturated rings. The summed E-state index contributed by atoms with van der Waals surface area (Å²) < 4.78 is 5.28. The smallest absolute Gasteiger partial charge is 0.410 e. The van der Waals surface area contributed by atoms with Crippen molar-refractivity contribution >= 4 is 11.9 Å². The third-order valence-electron chi connectivity index (χ3n) is 4.01. The van der Waals surface area contributed by atoms with Gasteiger partial charge in [-0.3, -0.25) is 4.79 Å². The fraction of sp³-hybridized carbons (Fsp3) is 0.846. The second-order valence-corrected chi connectivity index (χ2v) is 6.90. The van der Waals surface area contributed by atoms with Crippen LogP contribution in [0.2, 0.25) is 0 Å². The molecule has 0 unspecified atom stereocenters. The van der Waals surface area contributed by atoms with Crippen molar-refractivity contribution in [1.82, 2.24) is 4.90 Å². The van der Waals surface area contributed by atoms with Gasteiger partial charge in [-0.05, 0) is 26.2 Å². The molecular formula is C13H21NO3. The van der Waals surface area contributed by atoms with Crippen LogP contribution in [0.4, 0.5) is 4.79 Å². The maximum Gasteiger partial charge on any atom is 0.410 e. The van der Waals surface area contributed by atoms with Crippen LogP contribution in [0.5, 0.6) is 0 Å². The number of hydrogen-bond donors (Lipinski definition) is 0. The van der Waals surface area contributed by atoms with E-state index < -0.39 is 5.60 Å². The number of amides is 1. The first-order valence-corrected chi connectivity index (χ1v) is 6.09. The fourth-order valence-corrected chi connectivity index (χ4v) is 2.68. The number of ether oxygens (including phenoxy) is 1. The number of nitrogens with zero attached hydrogens (tertiary/aromatic N) is 1. The summed E-state index contributed by atoms with van der Waals surface area (Å²) >= 11 is 0. The number of ketones is 1. The molecule has 4 nitrogen and oxygen atoms in total. The molecule has 4 heteroatoms. The Balaban J connectivity index is 1.95. The molecule has 1 saturated carbocycles. The molecule has 1 spiro atoms. The third kappa shape index (κ3) is 1.74. The molecule has 0 N–H and O–H groups in total. The summed E-state index contributed by atoms with van der Waals surface area (Å²) in [4.78, 5) is 25.1. The van der Waals surface area contributed by atoms with Gasteiger partial charge in [-0.2, -0.15) is 0 Å². The summed E-state index contributed by atoms with van der Waals surface area (Å²) in [5.41, 5.74) is -0.731. The van der Waals surface area contributed by atoms with Gasteiger partial charge in [-0.1, -0.05) is 13.8 Å². The van der Waals surface area contributed by atoms with Crippen LogP contribution in [0.15, 0.2) is 0 Å². The van der Waals surface area contributed by atoms with Gasteiger partial charge in [0.25, 0.3) is 0 Å². The summed E-state index contributed by atoms with van der Waals surface area (Å²) in [6.45, 7) is 10.8. The second-order valence-electron chi connectivity index (χ2n) is 6.90. The minimum atomic E-state index is -0.473. The van der Waals surface area contributed by atoms with Crippen LogP contribution in [0, 0.1) is 10.8 Å². The van der Waals surface area contributed by atoms with E-state index >= 15 is 0 Å². The molecule has 2 rings (SSSR count). The highest BCUT2D eigenvalue weighted by Gasteiger charge is 2.67. The Kier molecular flexibility index (Phi) is 2.36. The van der Waals surface area contributed by atoms with Crippen molar-refractivity contribution in [3.8, 4) is 0 Å². The second kappa shape index (κ2) is 3.24. The molecule has 0 bridgehead atoms. The van der Waals surface area contributed by atoms with Crippen LogP contribution in [0.1, 0.15) is 41.0 Å². The molecule has 1 heterocycles. The highest BCUT2D eigenvalue weighted by atomic mass is 16.6. The predicted molar refractivity (Wildman–Crippen MR) is 63.6 cm³/mol. The number of hydrogen-bond acceptors (Lipinski definition) is 3. The molecule has 2 aliphatic rings. The molecular weight excluding hydrogens is 218 g/mol. The standard InChI is InChI=1S/C13H21NO3/c1-11(2,3)17-10(16)14-7-13(8-14)9(15)6-12(13,4)5/h6-8H2,1-5H3. The summed E-state index contributed by atoms with van der Waals surface area (Å²) in [5.74, 6) is 0.294. The number of likely N-dealkylation sites (tertiary alicyclic amines) is 1. The van der Waals surface area contributed by atoms with Gasteiger partial charge < -0.3 is 9.64 Å². The normalized spacial score (nSPS) is 25.2. The van der Waals surface area contributed by atoms with E-state index in [0.717, 1.165) is 0 Å². The molecule has 0 aromatic rings. The zero-order valence-corrected chi connectivity index (χ0v) is 11.3. The molecule has 1 aliphatic heterocycles. The van der Waals surface area contributed by atoms with E-state index in [-0.39, 0.29) is 16.9 Å². The first-order valence-electron chi connectivity index (χ1n) is 6.09. The first kappa shape index (κ1) is 12.4. The largest absolute Gasteiger partial charge is 0.444 e. The average molecular weight is 239 g/mol. The molecule has 0 aromatic heterocycles. The van der Waals surface area contributed by atoms with E-state index in [1.165, 1.54) is 0 Å². The minimum absolute atomic E-state index is 0.0304. The van der Waals surface area contributed by atoms with E-state index in [1.54, 1.807) is 4.90 Å². The van der Waals surface area contributed by atoms with Crippen molar-refractivity contribution in [2.75, 3.05) is 13.1 Å². The lowest BCUT2D eigenvalue weighted by atomic mass is 9.47. The van der Waals surface area contributed by atoms with Gasteiger partial charge in [0.1, 0.15) is 11.4 Å². The maximum absolute atomic E-state index is 11.8. The molecule has 1 aliphatic carbocycles. The van der Waals surface area contributed by atoms with E-state index in [9.17, 15) is 9.59 Å². The van der Waals surface area contributed by atoms with Crippen molar-refractivity contribution in [1.29, 1.82) is 0 Å². The van der Waals surface area contributed by atoms with Gasteiger partial charge in [-0.15, -0.1) is 0 Å². The Morgan fingerprint density at radius 2 is 1.82 bits per heavy atom. The van der Waals surface area contributed by atoms with Gasteiger partial charge >= 0.3 is 6.09 Å². The lowest BCUT2D eigenvalue weighted by Crippen LogP contribution is -2.74. The van der Waals surface area contributed by atoms with Crippen molar-refractivity contribution in [3.63, 3.8) is 0 Å². The lowest BCUT2D eigenvalue weighted by Gasteiger charge is -2.63. The molecule has 0 aromatic carbocycles. The lowest BCUT2D eigenvalue weighted by molar-refractivity contribution is -0.180. The minimum Gasteiger partial charge on any atom is -0.444 e. The Hall–Kier alpha value is -1.06. The Morgan fingerprint density at radius 1 is 1.29 bits per heavy atom. The first-order chi connectivity index (χ1) is 7.57. The SMILES string of the molecule is CC(C)(C)OC(=O)N1CC2(C1)C(=O)CC2(C)C. The van der Waals surface area contributed by atoms with Crippen LogP contribution >= 0.6 is 0 Å².